The topological polar surface area (TPSA) is 12.0 Å². The molecule has 0 spiro atoms. The summed E-state index contributed by atoms with van der Waals surface area (Å²) in [7, 11) is 0. The van der Waals surface area contributed by atoms with E-state index in [1.165, 1.54) is 64.3 Å². The van der Waals surface area contributed by atoms with Crippen molar-refractivity contribution in [2.24, 2.45) is 17.8 Å². The molecule has 1 rings (SSSR count). The number of nitrogens with one attached hydrogen (secondary N) is 1. The lowest BCUT2D eigenvalue weighted by atomic mass is 9.72. The van der Waals surface area contributed by atoms with Crippen molar-refractivity contribution in [2.75, 3.05) is 6.54 Å². The third-order valence-electron chi connectivity index (χ3n) is 5.05. The summed E-state index contributed by atoms with van der Waals surface area (Å²) in [5, 5.41) is 3.82. The van der Waals surface area contributed by atoms with Gasteiger partial charge < -0.3 is 5.32 Å². The van der Waals surface area contributed by atoms with Crippen molar-refractivity contribution in [2.45, 2.75) is 91.5 Å². The van der Waals surface area contributed by atoms with Gasteiger partial charge in [-0.1, -0.05) is 53.4 Å². The van der Waals surface area contributed by atoms with Gasteiger partial charge >= 0.3 is 0 Å². The van der Waals surface area contributed by atoms with E-state index in [2.05, 4.69) is 33.0 Å². The molecule has 0 radical (unpaired) electrons. The molecule has 1 aliphatic carbocycles. The van der Waals surface area contributed by atoms with E-state index in [1.54, 1.807) is 0 Å². The molecule has 1 fully saturated rings. The van der Waals surface area contributed by atoms with Gasteiger partial charge in [0.15, 0.2) is 0 Å². The molecule has 1 heteroatoms. The highest BCUT2D eigenvalue weighted by molar-refractivity contribution is 4.85. The van der Waals surface area contributed by atoms with Gasteiger partial charge in [-0.15, -0.1) is 0 Å². The number of hydrogen-bond donors (Lipinski definition) is 1. The number of rotatable bonds is 9. The van der Waals surface area contributed by atoms with Crippen LogP contribution >= 0.6 is 0 Å². The first kappa shape index (κ1) is 17.0. The SMILES string of the molecule is CCCCCCC1CC(C(C)C)CCC1NCCC. The summed E-state index contributed by atoms with van der Waals surface area (Å²) in [6.45, 7) is 10.6. The van der Waals surface area contributed by atoms with E-state index >= 15 is 0 Å². The lowest BCUT2D eigenvalue weighted by Crippen LogP contribution is -2.41. The first-order chi connectivity index (χ1) is 9.19. The lowest BCUT2D eigenvalue weighted by molar-refractivity contribution is 0.158. The van der Waals surface area contributed by atoms with E-state index < -0.39 is 0 Å². The summed E-state index contributed by atoms with van der Waals surface area (Å²) >= 11 is 0. The van der Waals surface area contributed by atoms with E-state index in [0.29, 0.717) is 0 Å². The molecule has 19 heavy (non-hydrogen) atoms. The van der Waals surface area contributed by atoms with Crippen LogP contribution in [0.3, 0.4) is 0 Å². The van der Waals surface area contributed by atoms with Crippen LogP contribution in [0, 0.1) is 17.8 Å². The number of hydrogen-bond acceptors (Lipinski definition) is 1. The van der Waals surface area contributed by atoms with Gasteiger partial charge in [-0.3, -0.25) is 0 Å². The van der Waals surface area contributed by atoms with Crippen molar-refractivity contribution in [1.82, 2.24) is 5.32 Å². The normalized spacial score (nSPS) is 27.9. The largest absolute Gasteiger partial charge is 0.314 e. The Morgan fingerprint density at radius 1 is 1.00 bits per heavy atom. The van der Waals surface area contributed by atoms with Gasteiger partial charge in [-0.05, 0) is 56.4 Å². The van der Waals surface area contributed by atoms with E-state index in [4.69, 9.17) is 0 Å². The molecule has 1 saturated carbocycles. The molecule has 0 aromatic carbocycles. The lowest BCUT2D eigenvalue weighted by Gasteiger charge is -2.38. The minimum absolute atomic E-state index is 0.816. The second-order valence-electron chi connectivity index (χ2n) is 6.99. The third-order valence-corrected chi connectivity index (χ3v) is 5.05. The summed E-state index contributed by atoms with van der Waals surface area (Å²) in [6, 6.07) is 0.816. The van der Waals surface area contributed by atoms with Crippen molar-refractivity contribution in [1.29, 1.82) is 0 Å². The van der Waals surface area contributed by atoms with Crippen LogP contribution in [0.15, 0.2) is 0 Å². The minimum atomic E-state index is 0.816. The van der Waals surface area contributed by atoms with E-state index in [0.717, 1.165) is 23.8 Å². The molecular formula is C18H37N. The van der Waals surface area contributed by atoms with E-state index in [1.807, 2.05) is 0 Å². The average molecular weight is 268 g/mol. The van der Waals surface area contributed by atoms with Crippen LogP contribution in [0.4, 0.5) is 0 Å². The maximum absolute atomic E-state index is 3.82. The van der Waals surface area contributed by atoms with Crippen LogP contribution in [-0.2, 0) is 0 Å². The van der Waals surface area contributed by atoms with Crippen molar-refractivity contribution < 1.29 is 0 Å². The Bertz CT molecular complexity index is 212. The Kier molecular flexibility index (Phi) is 8.77. The summed E-state index contributed by atoms with van der Waals surface area (Å²) in [5.41, 5.74) is 0. The minimum Gasteiger partial charge on any atom is -0.314 e. The zero-order valence-electron chi connectivity index (χ0n) is 13.9. The summed E-state index contributed by atoms with van der Waals surface area (Å²) in [4.78, 5) is 0. The van der Waals surface area contributed by atoms with Crippen molar-refractivity contribution in [3.05, 3.63) is 0 Å². The molecule has 0 saturated heterocycles. The van der Waals surface area contributed by atoms with Gasteiger partial charge in [0.1, 0.15) is 0 Å². The molecule has 0 amide bonds. The van der Waals surface area contributed by atoms with Gasteiger partial charge in [0.05, 0.1) is 0 Å². The van der Waals surface area contributed by atoms with Crippen LogP contribution in [-0.4, -0.2) is 12.6 Å². The monoisotopic (exact) mass is 267 g/mol. The maximum Gasteiger partial charge on any atom is 0.00955 e. The van der Waals surface area contributed by atoms with Gasteiger partial charge in [-0.2, -0.15) is 0 Å². The Hall–Kier alpha value is -0.0400. The zero-order chi connectivity index (χ0) is 14.1. The van der Waals surface area contributed by atoms with Crippen LogP contribution in [0.5, 0.6) is 0 Å². The highest BCUT2D eigenvalue weighted by atomic mass is 14.9. The van der Waals surface area contributed by atoms with Gasteiger partial charge in [0.25, 0.3) is 0 Å². The molecular weight excluding hydrogens is 230 g/mol. The highest BCUT2D eigenvalue weighted by Gasteiger charge is 2.30. The van der Waals surface area contributed by atoms with Crippen molar-refractivity contribution >= 4 is 0 Å². The molecule has 0 aliphatic heterocycles. The van der Waals surface area contributed by atoms with Crippen molar-refractivity contribution in [3.63, 3.8) is 0 Å². The quantitative estimate of drug-likeness (QED) is 0.552. The molecule has 1 nitrogen and oxygen atoms in total. The average Bonchev–Trinajstić information content (AvgIpc) is 2.41. The Morgan fingerprint density at radius 3 is 2.42 bits per heavy atom. The van der Waals surface area contributed by atoms with E-state index in [-0.39, 0.29) is 0 Å². The molecule has 3 unspecified atom stereocenters. The van der Waals surface area contributed by atoms with Gasteiger partial charge in [0, 0.05) is 6.04 Å². The van der Waals surface area contributed by atoms with Crippen molar-refractivity contribution in [3.8, 4) is 0 Å². The third kappa shape index (κ3) is 6.29. The summed E-state index contributed by atoms with van der Waals surface area (Å²) in [5.74, 6) is 2.81. The fourth-order valence-electron chi connectivity index (χ4n) is 3.66. The standard InChI is InChI=1S/C18H37N/c1-5-7-8-9-10-17-14-16(15(3)4)11-12-18(17)19-13-6-2/h15-19H,5-14H2,1-4H3. The molecule has 0 heterocycles. The molecule has 0 bridgehead atoms. The maximum atomic E-state index is 3.82. The molecule has 0 aromatic heterocycles. The predicted molar refractivity (Wildman–Crippen MR) is 86.5 cm³/mol. The molecule has 1 aliphatic rings. The van der Waals surface area contributed by atoms with Crippen LogP contribution < -0.4 is 5.32 Å². The second kappa shape index (κ2) is 9.80. The Balaban J connectivity index is 2.40. The van der Waals surface area contributed by atoms with Gasteiger partial charge in [-0.25, -0.2) is 0 Å². The first-order valence-corrected chi connectivity index (χ1v) is 8.92. The van der Waals surface area contributed by atoms with E-state index in [9.17, 15) is 0 Å². The van der Waals surface area contributed by atoms with Crippen LogP contribution in [0.1, 0.15) is 85.5 Å². The molecule has 0 aromatic rings. The molecule has 114 valence electrons. The summed E-state index contributed by atoms with van der Waals surface area (Å²) in [6.07, 6.45) is 12.8. The number of unbranched alkanes of at least 4 members (excludes halogenated alkanes) is 3. The van der Waals surface area contributed by atoms with Crippen LogP contribution in [0.2, 0.25) is 0 Å². The second-order valence-corrected chi connectivity index (χ2v) is 6.99. The van der Waals surface area contributed by atoms with Gasteiger partial charge in [0.2, 0.25) is 0 Å². The first-order valence-electron chi connectivity index (χ1n) is 8.92. The zero-order valence-corrected chi connectivity index (χ0v) is 13.9. The fourth-order valence-corrected chi connectivity index (χ4v) is 3.66. The van der Waals surface area contributed by atoms with Crippen LogP contribution in [0.25, 0.3) is 0 Å². The Labute approximate surface area is 121 Å². The fraction of sp³-hybridized carbons (Fsp3) is 1.00. The smallest absolute Gasteiger partial charge is 0.00955 e. The Morgan fingerprint density at radius 2 is 1.79 bits per heavy atom. The summed E-state index contributed by atoms with van der Waals surface area (Å²) < 4.78 is 0. The molecule has 3 atom stereocenters. The molecule has 1 N–H and O–H groups in total. The highest BCUT2D eigenvalue weighted by Crippen LogP contribution is 2.36. The predicted octanol–water partition coefficient (Wildman–Crippen LogP) is 5.40.